The predicted octanol–water partition coefficient (Wildman–Crippen LogP) is 4.34. The number of thiazole rings is 1. The lowest BCUT2D eigenvalue weighted by Crippen LogP contribution is -2.57. The zero-order chi connectivity index (χ0) is 31.7. The van der Waals surface area contributed by atoms with Crippen molar-refractivity contribution in [3.63, 3.8) is 0 Å². The molecule has 2 N–H and O–H groups in total. The molecule has 16 heteroatoms. The normalized spacial score (nSPS) is 28.5. The lowest BCUT2D eigenvalue weighted by Gasteiger charge is -2.40. The molecule has 45 heavy (non-hydrogen) atoms. The Kier molecular flexibility index (Phi) is 7.58. The summed E-state index contributed by atoms with van der Waals surface area (Å²) >= 11 is 7.85. The van der Waals surface area contributed by atoms with Crippen molar-refractivity contribution in [2.45, 2.75) is 68.4 Å². The largest absolute Gasteiger partial charge is 0.377 e. The van der Waals surface area contributed by atoms with Gasteiger partial charge in [0.1, 0.15) is 17.5 Å². The first-order chi connectivity index (χ1) is 21.5. The van der Waals surface area contributed by atoms with Crippen LogP contribution in [0.3, 0.4) is 0 Å². The third-order valence-electron chi connectivity index (χ3n) is 8.79. The summed E-state index contributed by atoms with van der Waals surface area (Å²) in [6.45, 7) is -2.71. The Bertz CT molecular complexity index is 1840. The van der Waals surface area contributed by atoms with Crippen LogP contribution in [0.5, 0.6) is 0 Å². The van der Waals surface area contributed by atoms with Crippen LogP contribution in [0.4, 0.5) is 13.2 Å². The van der Waals surface area contributed by atoms with E-state index in [1.165, 1.54) is 33.8 Å². The van der Waals surface area contributed by atoms with Gasteiger partial charge in [0.15, 0.2) is 10.8 Å². The van der Waals surface area contributed by atoms with Crippen LogP contribution in [0.15, 0.2) is 52.7 Å². The third-order valence-corrected chi connectivity index (χ3v) is 11.7. The molecule has 2 bridgehead atoms. The van der Waals surface area contributed by atoms with Gasteiger partial charge in [-0.25, -0.2) is 14.1 Å². The van der Waals surface area contributed by atoms with Gasteiger partial charge in [-0.3, -0.25) is 4.99 Å². The van der Waals surface area contributed by atoms with Gasteiger partial charge in [-0.15, -0.1) is 17.8 Å². The second kappa shape index (κ2) is 11.2. The second-order valence-electron chi connectivity index (χ2n) is 11.6. The number of nitrogens with zero attached hydrogens (tertiary/aromatic N) is 6. The summed E-state index contributed by atoms with van der Waals surface area (Å²) in [5.41, 5.74) is 0.339. The van der Waals surface area contributed by atoms with Gasteiger partial charge in [-0.1, -0.05) is 23.6 Å². The summed E-state index contributed by atoms with van der Waals surface area (Å²) in [7, 11) is -4.02. The molecule has 0 radical (unpaired) electrons. The minimum Gasteiger partial charge on any atom is -0.377 e. The van der Waals surface area contributed by atoms with E-state index in [1.807, 2.05) is 4.90 Å². The molecule has 0 amide bonds. The fourth-order valence-corrected chi connectivity index (χ4v) is 9.76. The molecule has 4 aliphatic rings. The van der Waals surface area contributed by atoms with E-state index in [1.54, 1.807) is 11.6 Å². The van der Waals surface area contributed by atoms with Gasteiger partial charge in [0.2, 0.25) is 0 Å². The standard InChI is InChI=1S/C29H27ClF3N7O3S2/c1-2-29(41)13-18-4-5-19(14-29)40(18)45(42,43)37-17-12-23-24(22-7-9-39(36-22)28(32)33)25(20-6-3-16(31)11-21(20)30)35-26(38(23)15-17)27-34-8-10-44-27/h1,3,6-11,17-19,25,28,37,41H,4-5,12-15H2/t17-,18?,19?,25-,29?/m0/s1. The van der Waals surface area contributed by atoms with E-state index in [9.17, 15) is 26.7 Å². The first kappa shape index (κ1) is 30.4. The molecule has 7 rings (SSSR count). The van der Waals surface area contributed by atoms with Crippen LogP contribution in [-0.4, -0.2) is 73.6 Å². The number of piperidine rings is 1. The van der Waals surface area contributed by atoms with Gasteiger partial charge in [0.25, 0.3) is 10.2 Å². The third kappa shape index (κ3) is 5.37. The van der Waals surface area contributed by atoms with Crippen molar-refractivity contribution >= 4 is 44.6 Å². The highest BCUT2D eigenvalue weighted by Gasteiger charge is 2.52. The average molecular weight is 678 g/mol. The molecule has 2 aromatic heterocycles. The number of fused-ring (bicyclic) bond motifs is 3. The fraction of sp³-hybridized carbons (Fsp3) is 0.414. The van der Waals surface area contributed by atoms with Crippen LogP contribution in [-0.2, 0) is 10.2 Å². The van der Waals surface area contributed by atoms with E-state index in [0.29, 0.717) is 45.2 Å². The molecule has 2 unspecified atom stereocenters. The van der Waals surface area contributed by atoms with E-state index in [-0.39, 0.29) is 36.5 Å². The number of nitrogens with one attached hydrogen (secondary N) is 1. The molecule has 6 heterocycles. The molecular weight excluding hydrogens is 651 g/mol. The Morgan fingerprint density at radius 3 is 2.60 bits per heavy atom. The number of halogens is 4. The first-order valence-corrected chi connectivity index (χ1v) is 16.9. The number of amidine groups is 1. The summed E-state index contributed by atoms with van der Waals surface area (Å²) in [5.74, 6) is 2.32. The van der Waals surface area contributed by atoms with Crippen LogP contribution < -0.4 is 4.72 Å². The Morgan fingerprint density at radius 2 is 1.98 bits per heavy atom. The number of benzene rings is 1. The minimum absolute atomic E-state index is 0.0878. The number of aliphatic hydroxyl groups is 1. The van der Waals surface area contributed by atoms with Gasteiger partial charge >= 0.3 is 6.55 Å². The molecule has 4 atom stereocenters. The van der Waals surface area contributed by atoms with Crippen molar-refractivity contribution in [3.8, 4) is 12.3 Å². The number of terminal acetylenes is 1. The number of rotatable bonds is 7. The molecule has 10 nitrogen and oxygen atoms in total. The van der Waals surface area contributed by atoms with Crippen LogP contribution in [0.25, 0.3) is 5.57 Å². The molecule has 0 saturated carbocycles. The molecule has 0 aliphatic carbocycles. The molecule has 1 aromatic carbocycles. The maximum Gasteiger partial charge on any atom is 0.333 e. The van der Waals surface area contributed by atoms with E-state index >= 15 is 0 Å². The topological polar surface area (TPSA) is 116 Å². The van der Waals surface area contributed by atoms with Gasteiger partial charge in [-0.05, 0) is 31.0 Å². The van der Waals surface area contributed by atoms with Gasteiger partial charge in [0.05, 0.1) is 5.69 Å². The maximum atomic E-state index is 14.1. The molecule has 3 aromatic rings. The fourth-order valence-electron chi connectivity index (χ4n) is 7.00. The Hall–Kier alpha value is -3.26. The van der Waals surface area contributed by atoms with Crippen LogP contribution in [0.2, 0.25) is 5.02 Å². The molecule has 3 saturated heterocycles. The molecule has 0 spiro atoms. The number of alkyl halides is 2. The number of aliphatic imine (C=N–C) groups is 1. The molecular formula is C29H27ClF3N7O3S2. The molecule has 236 valence electrons. The maximum absolute atomic E-state index is 14.1. The van der Waals surface area contributed by atoms with Crippen LogP contribution >= 0.6 is 22.9 Å². The summed E-state index contributed by atoms with van der Waals surface area (Å²) in [6.07, 6.45) is 10.00. The van der Waals surface area contributed by atoms with Crippen molar-refractivity contribution in [1.82, 2.24) is 28.7 Å². The van der Waals surface area contributed by atoms with E-state index in [4.69, 9.17) is 23.0 Å². The second-order valence-corrected chi connectivity index (χ2v) is 14.5. The van der Waals surface area contributed by atoms with Gasteiger partial charge < -0.3 is 10.0 Å². The SMILES string of the molecule is C#CC1(O)CC2CCC(C1)N2S(=O)(=O)N[C@H]1CC2=C(c3ccn(C(F)F)n3)[C@H](c3ccc(F)cc3Cl)N=C(c3nccs3)N2C1. The van der Waals surface area contributed by atoms with E-state index in [0.717, 1.165) is 12.3 Å². The zero-order valence-corrected chi connectivity index (χ0v) is 25.9. The predicted molar refractivity (Wildman–Crippen MR) is 162 cm³/mol. The first-order valence-electron chi connectivity index (χ1n) is 14.2. The summed E-state index contributed by atoms with van der Waals surface area (Å²) in [6, 6.07) is 2.94. The number of hydrogen-bond acceptors (Lipinski definition) is 8. The highest BCUT2D eigenvalue weighted by Crippen LogP contribution is 2.47. The van der Waals surface area contributed by atoms with E-state index < -0.39 is 52.3 Å². The highest BCUT2D eigenvalue weighted by molar-refractivity contribution is 7.87. The van der Waals surface area contributed by atoms with Crippen molar-refractivity contribution in [1.29, 1.82) is 0 Å². The zero-order valence-electron chi connectivity index (χ0n) is 23.5. The summed E-state index contributed by atoms with van der Waals surface area (Å²) in [5, 5.41) is 17.3. The Labute approximate surface area is 266 Å². The van der Waals surface area contributed by atoms with Crippen molar-refractivity contribution < 1.29 is 26.7 Å². The van der Waals surface area contributed by atoms with Crippen molar-refractivity contribution in [3.05, 3.63) is 74.8 Å². The molecule has 3 fully saturated rings. The highest BCUT2D eigenvalue weighted by atomic mass is 35.5. The van der Waals surface area contributed by atoms with E-state index in [2.05, 4.69) is 20.7 Å². The van der Waals surface area contributed by atoms with Gasteiger partial charge in [0, 0.05) is 83.6 Å². The monoisotopic (exact) mass is 677 g/mol. The van der Waals surface area contributed by atoms with Crippen molar-refractivity contribution in [2.75, 3.05) is 6.54 Å². The Morgan fingerprint density at radius 1 is 1.22 bits per heavy atom. The number of aromatic nitrogens is 3. The lowest BCUT2D eigenvalue weighted by molar-refractivity contribution is 0.0193. The minimum atomic E-state index is -4.02. The van der Waals surface area contributed by atoms with Gasteiger partial charge in [-0.2, -0.15) is 31.3 Å². The average Bonchev–Trinajstić information content (AvgIpc) is 3.79. The summed E-state index contributed by atoms with van der Waals surface area (Å²) in [4.78, 5) is 11.2. The lowest BCUT2D eigenvalue weighted by atomic mass is 9.88. The van der Waals surface area contributed by atoms with Crippen LogP contribution in [0.1, 0.15) is 61.0 Å². The summed E-state index contributed by atoms with van der Waals surface area (Å²) < 4.78 is 73.9. The Balaban J connectivity index is 1.30. The van der Waals surface area contributed by atoms with Crippen molar-refractivity contribution in [2.24, 2.45) is 4.99 Å². The quantitative estimate of drug-likeness (QED) is 0.360. The van der Waals surface area contributed by atoms with Crippen LogP contribution in [0, 0.1) is 18.2 Å². The number of hydrogen-bond donors (Lipinski definition) is 2. The molecule has 4 aliphatic heterocycles. The smallest absolute Gasteiger partial charge is 0.333 e.